The van der Waals surface area contributed by atoms with Crippen LogP contribution in [0.5, 0.6) is 0 Å². The van der Waals surface area contributed by atoms with Crippen molar-refractivity contribution < 1.29 is 4.79 Å². The lowest BCUT2D eigenvalue weighted by Gasteiger charge is -2.29. The van der Waals surface area contributed by atoms with Crippen LogP contribution in [0.1, 0.15) is 51.4 Å². The number of amides is 1. The van der Waals surface area contributed by atoms with E-state index in [4.69, 9.17) is 12.2 Å². The van der Waals surface area contributed by atoms with Gasteiger partial charge < -0.3 is 11.1 Å². The molecule has 0 aromatic heterocycles. The summed E-state index contributed by atoms with van der Waals surface area (Å²) >= 11 is 0. The third kappa shape index (κ3) is 4.67. The van der Waals surface area contributed by atoms with Gasteiger partial charge in [0.15, 0.2) is 0 Å². The summed E-state index contributed by atoms with van der Waals surface area (Å²) in [5.41, 5.74) is 5.96. The summed E-state index contributed by atoms with van der Waals surface area (Å²) in [6.45, 7) is 0. The number of hydrogen-bond acceptors (Lipinski definition) is 2. The number of carbonyl (C=O) groups is 1. The van der Waals surface area contributed by atoms with E-state index in [9.17, 15) is 4.79 Å². The maximum Gasteiger partial charge on any atom is 0.220 e. The molecule has 90 valence electrons. The van der Waals surface area contributed by atoms with E-state index in [1.54, 1.807) is 0 Å². The molecule has 0 aromatic rings. The molecule has 0 aromatic carbocycles. The molecule has 0 saturated heterocycles. The summed E-state index contributed by atoms with van der Waals surface area (Å²) in [4.78, 5) is 11.6. The number of terminal acetylenes is 1. The van der Waals surface area contributed by atoms with Crippen molar-refractivity contribution in [2.24, 2.45) is 5.73 Å². The van der Waals surface area contributed by atoms with Crippen molar-refractivity contribution in [1.29, 1.82) is 0 Å². The molecule has 1 aliphatic carbocycles. The monoisotopic (exact) mass is 222 g/mol. The van der Waals surface area contributed by atoms with Gasteiger partial charge in [-0.05, 0) is 25.7 Å². The lowest BCUT2D eigenvalue weighted by molar-refractivity contribution is -0.122. The Hall–Kier alpha value is -1.01. The van der Waals surface area contributed by atoms with Crippen molar-refractivity contribution in [2.45, 2.75) is 63.5 Å². The van der Waals surface area contributed by atoms with E-state index in [1.807, 2.05) is 0 Å². The van der Waals surface area contributed by atoms with E-state index < -0.39 is 0 Å². The first-order valence-corrected chi connectivity index (χ1v) is 6.22. The highest BCUT2D eigenvalue weighted by molar-refractivity contribution is 5.76. The fraction of sp³-hybridized carbons (Fsp3) is 0.769. The second kappa shape index (κ2) is 7.29. The van der Waals surface area contributed by atoms with Gasteiger partial charge in [-0.3, -0.25) is 4.79 Å². The zero-order valence-electron chi connectivity index (χ0n) is 9.87. The fourth-order valence-electron chi connectivity index (χ4n) is 2.13. The minimum absolute atomic E-state index is 0.124. The minimum Gasteiger partial charge on any atom is -0.352 e. The number of hydrogen-bond donors (Lipinski definition) is 2. The molecule has 1 rings (SSSR count). The van der Waals surface area contributed by atoms with Gasteiger partial charge in [0, 0.05) is 24.9 Å². The van der Waals surface area contributed by atoms with Crippen molar-refractivity contribution in [3.8, 4) is 12.3 Å². The first-order valence-electron chi connectivity index (χ1n) is 6.22. The van der Waals surface area contributed by atoms with Crippen LogP contribution >= 0.6 is 0 Å². The lowest BCUT2D eigenvalue weighted by atomic mass is 9.91. The summed E-state index contributed by atoms with van der Waals surface area (Å²) in [7, 11) is 0. The van der Waals surface area contributed by atoms with Crippen molar-refractivity contribution in [3.63, 3.8) is 0 Å². The number of nitrogens with one attached hydrogen (secondary N) is 1. The van der Waals surface area contributed by atoms with Crippen LogP contribution in [0.3, 0.4) is 0 Å². The molecule has 0 spiro atoms. The van der Waals surface area contributed by atoms with Crippen molar-refractivity contribution in [2.75, 3.05) is 0 Å². The van der Waals surface area contributed by atoms with E-state index in [0.29, 0.717) is 6.42 Å². The summed E-state index contributed by atoms with van der Waals surface area (Å²) in [6, 6.07) is 0.331. The van der Waals surface area contributed by atoms with Gasteiger partial charge in [0.2, 0.25) is 5.91 Å². The Bertz CT molecular complexity index is 257. The zero-order valence-corrected chi connectivity index (χ0v) is 9.87. The Morgan fingerprint density at radius 1 is 1.38 bits per heavy atom. The molecule has 3 heteroatoms. The first-order chi connectivity index (χ1) is 7.74. The number of unbranched alkanes of at least 4 members (excludes halogenated alkanes) is 2. The van der Waals surface area contributed by atoms with Gasteiger partial charge in [-0.2, -0.15) is 0 Å². The molecule has 1 aliphatic rings. The van der Waals surface area contributed by atoms with Crippen LogP contribution in [0.2, 0.25) is 0 Å². The normalized spacial score (nSPS) is 24.8. The van der Waals surface area contributed by atoms with Crippen LogP contribution in [0.4, 0.5) is 0 Å². The predicted molar refractivity (Wildman–Crippen MR) is 65.7 cm³/mol. The highest BCUT2D eigenvalue weighted by Crippen LogP contribution is 2.17. The average Bonchev–Trinajstić information content (AvgIpc) is 2.28. The Balaban J connectivity index is 2.15. The molecular formula is C13H22N2O. The molecule has 1 fully saturated rings. The molecule has 1 saturated carbocycles. The van der Waals surface area contributed by atoms with E-state index in [1.165, 1.54) is 12.8 Å². The van der Waals surface area contributed by atoms with Gasteiger partial charge in [-0.25, -0.2) is 0 Å². The fourth-order valence-corrected chi connectivity index (χ4v) is 2.13. The van der Waals surface area contributed by atoms with E-state index in [2.05, 4.69) is 11.2 Å². The van der Waals surface area contributed by atoms with E-state index >= 15 is 0 Å². The van der Waals surface area contributed by atoms with Crippen molar-refractivity contribution >= 4 is 5.91 Å². The van der Waals surface area contributed by atoms with Crippen LogP contribution in [-0.2, 0) is 4.79 Å². The standard InChI is InChI=1S/C13H22N2O/c1-2-3-4-5-10-13(16)15-12-9-7-6-8-11(12)14/h1,11-12H,3-10,14H2,(H,15,16)/t11-,12-/m1/s1. The van der Waals surface area contributed by atoms with Crippen LogP contribution in [0, 0.1) is 12.3 Å². The van der Waals surface area contributed by atoms with Gasteiger partial charge in [0.25, 0.3) is 0 Å². The molecule has 2 atom stereocenters. The van der Waals surface area contributed by atoms with E-state index in [0.717, 1.165) is 32.1 Å². The molecule has 3 nitrogen and oxygen atoms in total. The van der Waals surface area contributed by atoms with Gasteiger partial charge in [-0.1, -0.05) is 12.8 Å². The Morgan fingerprint density at radius 3 is 2.81 bits per heavy atom. The van der Waals surface area contributed by atoms with Crippen LogP contribution in [0.25, 0.3) is 0 Å². The second-order valence-corrected chi connectivity index (χ2v) is 4.53. The first kappa shape index (κ1) is 13.1. The Morgan fingerprint density at radius 2 is 2.12 bits per heavy atom. The van der Waals surface area contributed by atoms with Gasteiger partial charge in [0.1, 0.15) is 0 Å². The predicted octanol–water partition coefficient (Wildman–Crippen LogP) is 1.57. The Kier molecular flexibility index (Phi) is 5.95. The molecule has 3 N–H and O–H groups in total. The highest BCUT2D eigenvalue weighted by Gasteiger charge is 2.22. The zero-order chi connectivity index (χ0) is 11.8. The van der Waals surface area contributed by atoms with Crippen LogP contribution in [-0.4, -0.2) is 18.0 Å². The quantitative estimate of drug-likeness (QED) is 0.548. The molecule has 0 unspecified atom stereocenters. The summed E-state index contributed by atoms with van der Waals surface area (Å²) < 4.78 is 0. The third-order valence-electron chi connectivity index (χ3n) is 3.14. The number of carbonyl (C=O) groups excluding carboxylic acids is 1. The topological polar surface area (TPSA) is 55.1 Å². The third-order valence-corrected chi connectivity index (χ3v) is 3.14. The number of nitrogens with two attached hydrogens (primary N) is 1. The minimum atomic E-state index is 0.124. The molecule has 0 bridgehead atoms. The highest BCUT2D eigenvalue weighted by atomic mass is 16.1. The van der Waals surface area contributed by atoms with Crippen LogP contribution < -0.4 is 11.1 Å². The van der Waals surface area contributed by atoms with E-state index in [-0.39, 0.29) is 18.0 Å². The molecule has 0 aliphatic heterocycles. The van der Waals surface area contributed by atoms with Crippen molar-refractivity contribution in [3.05, 3.63) is 0 Å². The lowest BCUT2D eigenvalue weighted by Crippen LogP contribution is -2.49. The van der Waals surface area contributed by atoms with Gasteiger partial charge >= 0.3 is 0 Å². The van der Waals surface area contributed by atoms with Gasteiger partial charge in [-0.15, -0.1) is 12.3 Å². The molecule has 1 amide bonds. The summed E-state index contributed by atoms with van der Waals surface area (Å²) in [5, 5.41) is 3.03. The van der Waals surface area contributed by atoms with Crippen LogP contribution in [0.15, 0.2) is 0 Å². The SMILES string of the molecule is C#CCCCCC(=O)N[C@@H]1CCCC[C@H]1N. The average molecular weight is 222 g/mol. The van der Waals surface area contributed by atoms with Gasteiger partial charge in [0.05, 0.1) is 0 Å². The maximum absolute atomic E-state index is 11.6. The summed E-state index contributed by atoms with van der Waals surface area (Å²) in [6.07, 6.45) is 12.7. The Labute approximate surface area is 98.2 Å². The largest absolute Gasteiger partial charge is 0.352 e. The second-order valence-electron chi connectivity index (χ2n) is 4.53. The summed E-state index contributed by atoms with van der Waals surface area (Å²) in [5.74, 6) is 2.70. The molecule has 0 heterocycles. The molecule has 16 heavy (non-hydrogen) atoms. The smallest absolute Gasteiger partial charge is 0.220 e. The maximum atomic E-state index is 11.6. The number of rotatable bonds is 5. The molecule has 0 radical (unpaired) electrons. The van der Waals surface area contributed by atoms with Crippen molar-refractivity contribution in [1.82, 2.24) is 5.32 Å². The molecular weight excluding hydrogens is 200 g/mol.